The number of rotatable bonds is 13. The molecule has 14 heteroatoms. The molecular formula is C38H36ClN3O9S. The number of amides is 3. The highest BCUT2D eigenvalue weighted by atomic mass is 35.5. The third-order valence-electron chi connectivity index (χ3n) is 8.74. The first-order valence-corrected chi connectivity index (χ1v) is 18.2. The molecule has 270 valence electrons. The van der Waals surface area contributed by atoms with Crippen molar-refractivity contribution in [2.75, 3.05) is 43.6 Å². The number of aryl methyl sites for hydroxylation is 1. The van der Waals surface area contributed by atoms with Crippen molar-refractivity contribution in [2.45, 2.75) is 30.4 Å². The maximum absolute atomic E-state index is 13.6. The summed E-state index contributed by atoms with van der Waals surface area (Å²) in [6.45, 7) is 1.01. The molecule has 0 unspecified atom stereocenters. The lowest BCUT2D eigenvalue weighted by Gasteiger charge is -2.30. The number of benzene rings is 4. The Labute approximate surface area is 306 Å². The van der Waals surface area contributed by atoms with E-state index in [1.165, 1.54) is 31.4 Å². The van der Waals surface area contributed by atoms with E-state index in [-0.39, 0.29) is 47.4 Å². The number of carbonyl (C=O) groups is 3. The maximum atomic E-state index is 13.6. The fraction of sp³-hybridized carbons (Fsp3) is 0.237. The molecule has 3 amide bonds. The largest absolute Gasteiger partial charge is 0.497 e. The molecule has 2 N–H and O–H groups in total. The SMILES string of the molecule is COc1ccc(S(=O)(=O)N(CCO)CCO[C@@H]2C[C@H](c3ccccc3)C=C(C(=O)Nc3ccc(N4C(=O)c5ccc(Cl)cc5C4=O)c(C)c3)O2)cc1. The maximum Gasteiger partial charge on any atom is 0.290 e. The highest BCUT2D eigenvalue weighted by Gasteiger charge is 2.37. The Kier molecular flexibility index (Phi) is 11.1. The minimum absolute atomic E-state index is 0.00197. The molecule has 0 radical (unpaired) electrons. The molecule has 6 rings (SSSR count). The number of ether oxygens (including phenoxy) is 3. The van der Waals surface area contributed by atoms with Gasteiger partial charge >= 0.3 is 0 Å². The van der Waals surface area contributed by atoms with E-state index in [0.717, 1.165) is 14.8 Å². The van der Waals surface area contributed by atoms with Gasteiger partial charge in [0, 0.05) is 36.1 Å². The topological polar surface area (TPSA) is 152 Å². The van der Waals surface area contributed by atoms with Crippen LogP contribution in [0.1, 0.15) is 44.2 Å². The predicted octanol–water partition coefficient (Wildman–Crippen LogP) is 5.51. The molecule has 0 aliphatic carbocycles. The standard InChI is InChI=1S/C38H36ClN3O9S/c1-24-20-28(9-15-33(24)42-37(45)31-14-8-27(39)23-32(31)38(42)46)40-36(44)34-21-26(25-6-4-3-5-7-25)22-35(51-34)50-19-17-41(16-18-43)52(47,48)30-12-10-29(49-2)11-13-30/h3-15,20-21,23,26,35,43H,16-19,22H2,1-2H3,(H,40,44)/t26-,35+/m1/s1. The van der Waals surface area contributed by atoms with Crippen LogP contribution in [0.2, 0.25) is 5.02 Å². The van der Waals surface area contributed by atoms with Gasteiger partial charge in [0.05, 0.1) is 42.0 Å². The van der Waals surface area contributed by atoms with Crippen LogP contribution in [0.5, 0.6) is 5.75 Å². The van der Waals surface area contributed by atoms with Gasteiger partial charge in [-0.25, -0.2) is 13.3 Å². The summed E-state index contributed by atoms with van der Waals surface area (Å²) in [5.41, 5.74) is 2.75. The quantitative estimate of drug-likeness (QED) is 0.169. The number of fused-ring (bicyclic) bond motifs is 1. The fourth-order valence-corrected chi connectivity index (χ4v) is 7.69. The number of anilines is 2. The Hall–Kier alpha value is -5.05. The lowest BCUT2D eigenvalue weighted by atomic mass is 9.93. The summed E-state index contributed by atoms with van der Waals surface area (Å²) < 4.78 is 45.0. The number of imide groups is 1. The Morgan fingerprint density at radius 3 is 2.40 bits per heavy atom. The van der Waals surface area contributed by atoms with Crippen molar-refractivity contribution in [2.24, 2.45) is 0 Å². The van der Waals surface area contributed by atoms with Crippen LogP contribution in [0.3, 0.4) is 0 Å². The van der Waals surface area contributed by atoms with E-state index in [2.05, 4.69) is 5.32 Å². The molecule has 2 aliphatic heterocycles. The number of hydrogen-bond donors (Lipinski definition) is 2. The first kappa shape index (κ1) is 36.7. The number of nitrogens with one attached hydrogen (secondary N) is 1. The lowest BCUT2D eigenvalue weighted by molar-refractivity contribution is -0.143. The van der Waals surface area contributed by atoms with Crippen LogP contribution >= 0.6 is 11.6 Å². The fourth-order valence-electron chi connectivity index (χ4n) is 6.11. The van der Waals surface area contributed by atoms with Crippen molar-refractivity contribution in [1.29, 1.82) is 0 Å². The van der Waals surface area contributed by atoms with E-state index in [1.54, 1.807) is 49.4 Å². The van der Waals surface area contributed by atoms with Gasteiger partial charge in [-0.1, -0.05) is 41.9 Å². The molecule has 2 aliphatic rings. The zero-order valence-corrected chi connectivity index (χ0v) is 29.9. The molecule has 2 atom stereocenters. The normalized spacial score (nSPS) is 17.1. The monoisotopic (exact) mass is 745 g/mol. The van der Waals surface area contributed by atoms with E-state index in [4.69, 9.17) is 25.8 Å². The number of nitrogens with zero attached hydrogens (tertiary/aromatic N) is 2. The van der Waals surface area contributed by atoms with Crippen LogP contribution in [0.15, 0.2) is 108 Å². The van der Waals surface area contributed by atoms with Gasteiger partial charge in [-0.05, 0) is 84.8 Å². The smallest absolute Gasteiger partial charge is 0.290 e. The van der Waals surface area contributed by atoms with E-state index in [0.29, 0.717) is 34.1 Å². The van der Waals surface area contributed by atoms with Gasteiger partial charge < -0.3 is 24.6 Å². The van der Waals surface area contributed by atoms with E-state index in [9.17, 15) is 27.9 Å². The molecule has 0 bridgehead atoms. The van der Waals surface area contributed by atoms with Gasteiger partial charge in [-0.15, -0.1) is 0 Å². The zero-order valence-electron chi connectivity index (χ0n) is 28.3. The lowest BCUT2D eigenvalue weighted by Crippen LogP contribution is -2.37. The first-order valence-electron chi connectivity index (χ1n) is 16.4. The van der Waals surface area contributed by atoms with Gasteiger partial charge in [0.1, 0.15) is 5.75 Å². The molecule has 52 heavy (non-hydrogen) atoms. The van der Waals surface area contributed by atoms with Crippen LogP contribution in [-0.2, 0) is 24.3 Å². The number of aliphatic hydroxyl groups is 1. The first-order chi connectivity index (χ1) is 25.0. The van der Waals surface area contributed by atoms with Crippen LogP contribution in [-0.4, -0.2) is 75.3 Å². The summed E-state index contributed by atoms with van der Waals surface area (Å²) in [7, 11) is -2.48. The Balaban J connectivity index is 1.15. The molecule has 12 nitrogen and oxygen atoms in total. The summed E-state index contributed by atoms with van der Waals surface area (Å²) >= 11 is 6.06. The molecule has 2 heterocycles. The Morgan fingerprint density at radius 1 is 0.981 bits per heavy atom. The number of aliphatic hydroxyl groups excluding tert-OH is 1. The molecular weight excluding hydrogens is 710 g/mol. The van der Waals surface area contributed by atoms with Crippen LogP contribution < -0.4 is 15.0 Å². The van der Waals surface area contributed by atoms with Crippen LogP contribution in [0.25, 0.3) is 0 Å². The predicted molar refractivity (Wildman–Crippen MR) is 194 cm³/mol. The summed E-state index contributed by atoms with van der Waals surface area (Å²) in [5.74, 6) is -1.26. The van der Waals surface area contributed by atoms with Crippen molar-refractivity contribution in [3.63, 3.8) is 0 Å². The molecule has 0 aromatic heterocycles. The molecule has 0 saturated carbocycles. The number of sulfonamides is 1. The van der Waals surface area contributed by atoms with Gasteiger partial charge in [0.15, 0.2) is 5.76 Å². The minimum atomic E-state index is -3.96. The van der Waals surface area contributed by atoms with Crippen LogP contribution in [0.4, 0.5) is 11.4 Å². The second kappa shape index (κ2) is 15.7. The van der Waals surface area contributed by atoms with Gasteiger partial charge in [-0.3, -0.25) is 14.4 Å². The minimum Gasteiger partial charge on any atom is -0.497 e. The van der Waals surface area contributed by atoms with Gasteiger partial charge in [0.25, 0.3) is 17.7 Å². The summed E-state index contributed by atoms with van der Waals surface area (Å²) in [4.78, 5) is 41.0. The van der Waals surface area contributed by atoms with Crippen LogP contribution in [0, 0.1) is 6.92 Å². The third kappa shape index (κ3) is 7.73. The van der Waals surface area contributed by atoms with Gasteiger partial charge in [-0.2, -0.15) is 4.31 Å². The second-order valence-electron chi connectivity index (χ2n) is 12.1. The number of carbonyl (C=O) groups excluding carboxylic acids is 3. The van der Waals surface area contributed by atoms with E-state index in [1.807, 2.05) is 30.3 Å². The van der Waals surface area contributed by atoms with Crippen molar-refractivity contribution >= 4 is 50.7 Å². The summed E-state index contributed by atoms with van der Waals surface area (Å²) in [5, 5.41) is 12.8. The van der Waals surface area contributed by atoms with Crippen molar-refractivity contribution in [3.8, 4) is 5.75 Å². The Morgan fingerprint density at radius 2 is 1.71 bits per heavy atom. The zero-order chi connectivity index (χ0) is 37.0. The second-order valence-corrected chi connectivity index (χ2v) is 14.5. The van der Waals surface area contributed by atoms with Crippen molar-refractivity contribution in [3.05, 3.63) is 130 Å². The molecule has 4 aromatic carbocycles. The van der Waals surface area contributed by atoms with Gasteiger partial charge in [0.2, 0.25) is 16.3 Å². The van der Waals surface area contributed by atoms with Crippen molar-refractivity contribution in [1.82, 2.24) is 4.31 Å². The number of hydrogen-bond acceptors (Lipinski definition) is 9. The Bertz CT molecular complexity index is 2130. The van der Waals surface area contributed by atoms with E-state index >= 15 is 0 Å². The number of allylic oxidation sites excluding steroid dienone is 1. The highest BCUT2D eigenvalue weighted by Crippen LogP contribution is 2.35. The molecule has 0 saturated heterocycles. The average Bonchev–Trinajstić information content (AvgIpc) is 3.39. The molecule has 0 fully saturated rings. The third-order valence-corrected chi connectivity index (χ3v) is 10.9. The average molecular weight is 746 g/mol. The van der Waals surface area contributed by atoms with Crippen molar-refractivity contribution < 1.29 is 42.1 Å². The summed E-state index contributed by atoms with van der Waals surface area (Å²) in [6, 6.07) is 24.8. The molecule has 0 spiro atoms. The highest BCUT2D eigenvalue weighted by molar-refractivity contribution is 7.89. The van der Waals surface area contributed by atoms with E-state index < -0.39 is 40.6 Å². The number of halogens is 1. The number of methoxy groups -OCH3 is 1. The molecule has 4 aromatic rings. The summed E-state index contributed by atoms with van der Waals surface area (Å²) in [6.07, 6.45) is 1.16.